The third-order valence-electron chi connectivity index (χ3n) is 3.91. The summed E-state index contributed by atoms with van der Waals surface area (Å²) in [7, 11) is 0. The minimum Gasteiger partial charge on any atom is -0.406 e. The minimum atomic E-state index is -4.74. The summed E-state index contributed by atoms with van der Waals surface area (Å²) in [6, 6.07) is 11.6. The van der Waals surface area contributed by atoms with Crippen molar-refractivity contribution in [3.8, 4) is 34.2 Å². The normalized spacial score (nSPS) is 10.7. The molecule has 0 aliphatic rings. The summed E-state index contributed by atoms with van der Waals surface area (Å²) in [5, 5.41) is 10.5. The number of alkyl halides is 3. The standard InChI is InChI=1S/C22H12F4N2OS/c1-14-10-17(21-20(23)11-19(12-28-21)30-13-27)7-6-16(14)5-2-15-3-8-18(9-4-15)29-22(24,25)26/h3-4,6-12H,1H3. The molecule has 0 aliphatic heterocycles. The van der Waals surface area contributed by atoms with Crippen molar-refractivity contribution in [2.75, 3.05) is 0 Å². The Morgan fingerprint density at radius 3 is 2.37 bits per heavy atom. The fourth-order valence-electron chi connectivity index (χ4n) is 2.57. The number of halogens is 4. The number of ether oxygens (including phenoxy) is 1. The van der Waals surface area contributed by atoms with Crippen molar-refractivity contribution in [2.24, 2.45) is 0 Å². The Hall–Kier alpha value is -3.49. The van der Waals surface area contributed by atoms with E-state index in [0.29, 0.717) is 21.6 Å². The van der Waals surface area contributed by atoms with Crippen molar-refractivity contribution >= 4 is 11.8 Å². The Morgan fingerprint density at radius 1 is 1.03 bits per heavy atom. The number of hydrogen-bond donors (Lipinski definition) is 0. The molecule has 0 aliphatic carbocycles. The molecule has 0 atom stereocenters. The number of aryl methyl sites for hydroxylation is 1. The summed E-state index contributed by atoms with van der Waals surface area (Å²) in [6.45, 7) is 1.81. The second-order valence-corrected chi connectivity index (χ2v) is 6.90. The van der Waals surface area contributed by atoms with Gasteiger partial charge in [0.15, 0.2) is 5.82 Å². The Labute approximate surface area is 174 Å². The number of thioether (sulfide) groups is 1. The highest BCUT2D eigenvalue weighted by atomic mass is 32.2. The molecule has 8 heteroatoms. The Kier molecular flexibility index (Phi) is 6.29. The van der Waals surface area contributed by atoms with Crippen molar-refractivity contribution in [1.82, 2.24) is 4.98 Å². The largest absolute Gasteiger partial charge is 0.573 e. The maximum absolute atomic E-state index is 14.3. The van der Waals surface area contributed by atoms with Gasteiger partial charge in [-0.25, -0.2) is 4.39 Å². The molecule has 0 saturated carbocycles. The Morgan fingerprint density at radius 2 is 1.77 bits per heavy atom. The smallest absolute Gasteiger partial charge is 0.406 e. The molecule has 3 nitrogen and oxygen atoms in total. The molecule has 0 amide bonds. The molecule has 0 bridgehead atoms. The maximum Gasteiger partial charge on any atom is 0.573 e. The summed E-state index contributed by atoms with van der Waals surface area (Å²) >= 11 is 0.828. The number of pyridine rings is 1. The minimum absolute atomic E-state index is 0.167. The number of rotatable bonds is 3. The van der Waals surface area contributed by atoms with Crippen molar-refractivity contribution in [2.45, 2.75) is 18.2 Å². The van der Waals surface area contributed by atoms with Crippen molar-refractivity contribution < 1.29 is 22.3 Å². The average Bonchev–Trinajstić information content (AvgIpc) is 2.67. The average molecular weight is 428 g/mol. The molecule has 2 aromatic carbocycles. The van der Waals surface area contributed by atoms with E-state index in [2.05, 4.69) is 21.6 Å². The second kappa shape index (κ2) is 8.89. The number of aromatic nitrogens is 1. The number of nitriles is 1. The van der Waals surface area contributed by atoms with Gasteiger partial charge in [0.2, 0.25) is 0 Å². The van der Waals surface area contributed by atoms with Crippen molar-refractivity contribution in [3.05, 3.63) is 77.2 Å². The maximum atomic E-state index is 14.3. The number of thiocyanates is 1. The Balaban J connectivity index is 1.80. The van der Waals surface area contributed by atoms with Crippen LogP contribution in [0.1, 0.15) is 16.7 Å². The van der Waals surface area contributed by atoms with Gasteiger partial charge in [-0.1, -0.05) is 17.9 Å². The second-order valence-electron chi connectivity index (χ2n) is 6.05. The van der Waals surface area contributed by atoms with E-state index in [1.165, 1.54) is 36.5 Å². The van der Waals surface area contributed by atoms with Crippen LogP contribution in [0.25, 0.3) is 11.3 Å². The van der Waals surface area contributed by atoms with E-state index in [-0.39, 0.29) is 11.4 Å². The van der Waals surface area contributed by atoms with E-state index in [1.54, 1.807) is 18.2 Å². The molecule has 30 heavy (non-hydrogen) atoms. The molecule has 0 unspecified atom stereocenters. The Bertz CT molecular complexity index is 1170. The van der Waals surface area contributed by atoms with Crippen molar-refractivity contribution in [3.63, 3.8) is 0 Å². The summed E-state index contributed by atoms with van der Waals surface area (Å²) in [5.41, 5.74) is 2.73. The van der Waals surface area contributed by atoms with Crippen LogP contribution in [-0.2, 0) is 0 Å². The monoisotopic (exact) mass is 428 g/mol. The molecular formula is C22H12F4N2OS. The predicted molar refractivity (Wildman–Crippen MR) is 105 cm³/mol. The molecule has 0 radical (unpaired) electrons. The first-order valence-electron chi connectivity index (χ1n) is 8.45. The van der Waals surface area contributed by atoms with Gasteiger partial charge in [-0.15, -0.1) is 13.2 Å². The fraction of sp³-hybridized carbons (Fsp3) is 0.0909. The SMILES string of the molecule is Cc1cc(-c2ncc(SC#N)cc2F)ccc1C#Cc1ccc(OC(F)(F)F)cc1. The summed E-state index contributed by atoms with van der Waals surface area (Å²) in [5.74, 6) is 4.97. The zero-order chi connectivity index (χ0) is 21.7. The highest BCUT2D eigenvalue weighted by Gasteiger charge is 2.30. The van der Waals surface area contributed by atoms with Gasteiger partial charge in [0.05, 0.1) is 0 Å². The van der Waals surface area contributed by atoms with Crippen LogP contribution in [0.4, 0.5) is 17.6 Å². The van der Waals surface area contributed by atoms with Crippen LogP contribution in [0.15, 0.2) is 59.6 Å². The van der Waals surface area contributed by atoms with Crippen LogP contribution < -0.4 is 4.74 Å². The van der Waals surface area contributed by atoms with Crippen LogP contribution in [0.3, 0.4) is 0 Å². The molecule has 1 aromatic heterocycles. The topological polar surface area (TPSA) is 45.9 Å². The third kappa shape index (κ3) is 5.53. The van der Waals surface area contributed by atoms with Gasteiger partial charge in [-0.3, -0.25) is 4.98 Å². The van der Waals surface area contributed by atoms with E-state index in [9.17, 15) is 17.6 Å². The van der Waals surface area contributed by atoms with E-state index in [1.807, 2.05) is 12.3 Å². The summed E-state index contributed by atoms with van der Waals surface area (Å²) in [6.07, 6.45) is -3.31. The lowest BCUT2D eigenvalue weighted by Gasteiger charge is -2.08. The van der Waals surface area contributed by atoms with Gasteiger partial charge >= 0.3 is 6.36 Å². The lowest BCUT2D eigenvalue weighted by Crippen LogP contribution is -2.16. The highest BCUT2D eigenvalue weighted by Crippen LogP contribution is 2.26. The molecule has 0 saturated heterocycles. The molecule has 1 heterocycles. The van der Waals surface area contributed by atoms with Crippen LogP contribution in [0.2, 0.25) is 0 Å². The van der Waals surface area contributed by atoms with Gasteiger partial charge in [-0.2, -0.15) is 5.26 Å². The van der Waals surface area contributed by atoms with Crippen LogP contribution >= 0.6 is 11.8 Å². The zero-order valence-corrected chi connectivity index (χ0v) is 16.2. The fourth-order valence-corrected chi connectivity index (χ4v) is 2.95. The summed E-state index contributed by atoms with van der Waals surface area (Å²) < 4.78 is 54.7. The first-order chi connectivity index (χ1) is 14.2. The van der Waals surface area contributed by atoms with Crippen LogP contribution in [-0.4, -0.2) is 11.3 Å². The molecule has 150 valence electrons. The molecule has 0 spiro atoms. The third-order valence-corrected chi connectivity index (χ3v) is 4.46. The lowest BCUT2D eigenvalue weighted by atomic mass is 10.0. The number of hydrogen-bond acceptors (Lipinski definition) is 4. The van der Waals surface area contributed by atoms with Gasteiger partial charge in [-0.05, 0) is 66.7 Å². The van der Waals surface area contributed by atoms with E-state index in [4.69, 9.17) is 5.26 Å². The molecule has 3 rings (SSSR count). The van der Waals surface area contributed by atoms with Crippen LogP contribution in [0, 0.1) is 35.2 Å². The van der Waals surface area contributed by atoms with Gasteiger partial charge in [0, 0.05) is 27.8 Å². The molecule has 0 N–H and O–H groups in total. The van der Waals surface area contributed by atoms with Crippen LogP contribution in [0.5, 0.6) is 5.75 Å². The number of benzene rings is 2. The molecular weight excluding hydrogens is 416 g/mol. The number of nitrogens with zero attached hydrogens (tertiary/aromatic N) is 2. The van der Waals surface area contributed by atoms with E-state index in [0.717, 1.165) is 17.3 Å². The van der Waals surface area contributed by atoms with Gasteiger partial charge < -0.3 is 4.74 Å². The molecule has 3 aromatic rings. The predicted octanol–water partition coefficient (Wildman–Crippen LogP) is 6.07. The van der Waals surface area contributed by atoms with E-state index < -0.39 is 12.2 Å². The first-order valence-corrected chi connectivity index (χ1v) is 9.27. The first kappa shape index (κ1) is 21.2. The summed E-state index contributed by atoms with van der Waals surface area (Å²) in [4.78, 5) is 4.51. The van der Waals surface area contributed by atoms with Gasteiger partial charge in [0.1, 0.15) is 16.8 Å². The zero-order valence-electron chi connectivity index (χ0n) is 15.4. The lowest BCUT2D eigenvalue weighted by molar-refractivity contribution is -0.274. The highest BCUT2D eigenvalue weighted by molar-refractivity contribution is 8.03. The van der Waals surface area contributed by atoms with Crippen molar-refractivity contribution in [1.29, 1.82) is 5.26 Å². The molecule has 0 fully saturated rings. The van der Waals surface area contributed by atoms with Gasteiger partial charge in [0.25, 0.3) is 0 Å². The van der Waals surface area contributed by atoms with E-state index >= 15 is 0 Å². The quantitative estimate of drug-likeness (QED) is 0.220.